The number of halogens is 3. The summed E-state index contributed by atoms with van der Waals surface area (Å²) in [5, 5.41) is 12.3. The predicted octanol–water partition coefficient (Wildman–Crippen LogP) is 5.39. The second kappa shape index (κ2) is 7.00. The molecule has 3 nitrogen and oxygen atoms in total. The summed E-state index contributed by atoms with van der Waals surface area (Å²) in [7, 11) is 0. The number of H-pyrrole nitrogens is 1. The normalized spacial score (nSPS) is 18.0. The van der Waals surface area contributed by atoms with Gasteiger partial charge >= 0.3 is 0 Å². The van der Waals surface area contributed by atoms with Gasteiger partial charge in [-0.25, -0.2) is 0 Å². The van der Waals surface area contributed by atoms with Crippen LogP contribution in [-0.2, 0) is 6.42 Å². The Morgan fingerprint density at radius 1 is 1.08 bits per heavy atom. The second-order valence-electron chi connectivity index (χ2n) is 6.17. The minimum Gasteiger partial charge on any atom is -0.309 e. The number of fused-ring (bicyclic) bond motifs is 1. The Kier molecular flexibility index (Phi) is 4.74. The van der Waals surface area contributed by atoms with E-state index < -0.39 is 0 Å². The van der Waals surface area contributed by atoms with Gasteiger partial charge in [-0.1, -0.05) is 59.1 Å². The van der Waals surface area contributed by atoms with Crippen molar-refractivity contribution in [1.29, 1.82) is 0 Å². The molecule has 2 heterocycles. The third-order valence-electron chi connectivity index (χ3n) is 4.72. The molecule has 2 atom stereocenters. The number of rotatable bonds is 3. The van der Waals surface area contributed by atoms with E-state index in [9.17, 15) is 0 Å². The standard InChI is InChI=1S/C19H16Cl3N3/c20-13-7-15(21)18(16(22)8-13)17(12-9-24-25-10-12)19-14-4-2-1-3-11(14)5-6-23-19/h1-4,7-10,17,19,23H,5-6H2,(H,24,25). The van der Waals surface area contributed by atoms with Crippen LogP contribution in [-0.4, -0.2) is 16.7 Å². The maximum atomic E-state index is 6.57. The lowest BCUT2D eigenvalue weighted by Crippen LogP contribution is -2.34. The van der Waals surface area contributed by atoms with Gasteiger partial charge in [0.05, 0.1) is 6.20 Å². The van der Waals surface area contributed by atoms with Gasteiger partial charge in [-0.15, -0.1) is 0 Å². The summed E-state index contributed by atoms with van der Waals surface area (Å²) in [4.78, 5) is 0. The first-order valence-corrected chi connectivity index (χ1v) is 9.23. The minimum absolute atomic E-state index is 0.0544. The fourth-order valence-electron chi connectivity index (χ4n) is 3.64. The molecule has 0 saturated heterocycles. The summed E-state index contributed by atoms with van der Waals surface area (Å²) < 4.78 is 0. The molecule has 6 heteroatoms. The maximum absolute atomic E-state index is 6.57. The van der Waals surface area contributed by atoms with Crippen molar-refractivity contribution in [3.8, 4) is 0 Å². The van der Waals surface area contributed by atoms with Crippen molar-refractivity contribution in [2.24, 2.45) is 0 Å². The molecular formula is C19H16Cl3N3. The highest BCUT2D eigenvalue weighted by Crippen LogP contribution is 2.45. The lowest BCUT2D eigenvalue weighted by Gasteiger charge is -2.34. The zero-order valence-corrected chi connectivity index (χ0v) is 15.5. The summed E-state index contributed by atoms with van der Waals surface area (Å²) in [6, 6.07) is 12.0. The van der Waals surface area contributed by atoms with Gasteiger partial charge in [-0.05, 0) is 47.4 Å². The van der Waals surface area contributed by atoms with Crippen molar-refractivity contribution in [2.75, 3.05) is 6.54 Å². The number of aromatic amines is 1. The molecule has 0 fully saturated rings. The molecule has 3 aromatic rings. The summed E-state index contributed by atoms with van der Waals surface area (Å²) in [6.07, 6.45) is 4.72. The molecule has 128 valence electrons. The lowest BCUT2D eigenvalue weighted by molar-refractivity contribution is 0.461. The molecule has 0 saturated carbocycles. The van der Waals surface area contributed by atoms with E-state index in [2.05, 4.69) is 39.8 Å². The van der Waals surface area contributed by atoms with E-state index in [-0.39, 0.29) is 12.0 Å². The molecule has 0 radical (unpaired) electrons. The van der Waals surface area contributed by atoms with Crippen molar-refractivity contribution < 1.29 is 0 Å². The van der Waals surface area contributed by atoms with Gasteiger partial charge in [0.2, 0.25) is 0 Å². The van der Waals surface area contributed by atoms with E-state index in [0.717, 1.165) is 24.1 Å². The molecule has 2 unspecified atom stereocenters. The Hall–Kier alpha value is -1.52. The number of nitrogens with one attached hydrogen (secondary N) is 2. The van der Waals surface area contributed by atoms with Crippen LogP contribution < -0.4 is 5.32 Å². The number of benzene rings is 2. The van der Waals surface area contributed by atoms with Crippen LogP contribution >= 0.6 is 34.8 Å². The SMILES string of the molecule is Clc1cc(Cl)c(C(c2cn[nH]c2)C2NCCc3ccccc32)c(Cl)c1. The van der Waals surface area contributed by atoms with E-state index in [0.29, 0.717) is 15.1 Å². The van der Waals surface area contributed by atoms with Gasteiger partial charge in [0.25, 0.3) is 0 Å². The van der Waals surface area contributed by atoms with Crippen LogP contribution in [0.15, 0.2) is 48.8 Å². The first-order valence-electron chi connectivity index (χ1n) is 8.09. The minimum atomic E-state index is -0.0718. The Morgan fingerprint density at radius 3 is 2.56 bits per heavy atom. The van der Waals surface area contributed by atoms with Gasteiger partial charge in [-0.3, -0.25) is 5.10 Å². The highest BCUT2D eigenvalue weighted by molar-refractivity contribution is 6.39. The van der Waals surface area contributed by atoms with E-state index >= 15 is 0 Å². The first kappa shape index (κ1) is 16.9. The molecule has 1 aromatic heterocycles. The molecule has 2 aromatic carbocycles. The van der Waals surface area contributed by atoms with Crippen LogP contribution in [0.1, 0.15) is 34.2 Å². The van der Waals surface area contributed by atoms with Gasteiger partial charge < -0.3 is 5.32 Å². The number of aromatic nitrogens is 2. The second-order valence-corrected chi connectivity index (χ2v) is 7.42. The quantitative estimate of drug-likeness (QED) is 0.627. The number of hydrogen-bond donors (Lipinski definition) is 2. The average molecular weight is 393 g/mol. The van der Waals surface area contributed by atoms with Gasteiger partial charge in [0, 0.05) is 33.2 Å². The maximum Gasteiger partial charge on any atom is 0.0526 e. The topological polar surface area (TPSA) is 40.7 Å². The smallest absolute Gasteiger partial charge is 0.0526 e. The molecule has 1 aliphatic heterocycles. The largest absolute Gasteiger partial charge is 0.309 e. The Morgan fingerprint density at radius 2 is 1.84 bits per heavy atom. The Labute approximate surface area is 161 Å². The molecule has 0 aliphatic carbocycles. The monoisotopic (exact) mass is 391 g/mol. The van der Waals surface area contributed by atoms with Crippen LogP contribution in [0.25, 0.3) is 0 Å². The van der Waals surface area contributed by atoms with Crippen LogP contribution in [0.2, 0.25) is 15.1 Å². The molecule has 0 bridgehead atoms. The number of hydrogen-bond acceptors (Lipinski definition) is 2. The highest BCUT2D eigenvalue weighted by Gasteiger charge is 2.33. The Balaban J connectivity index is 1.91. The van der Waals surface area contributed by atoms with Crippen LogP contribution in [0, 0.1) is 0 Å². The van der Waals surface area contributed by atoms with Gasteiger partial charge in [0.15, 0.2) is 0 Å². The van der Waals surface area contributed by atoms with E-state index in [1.165, 1.54) is 11.1 Å². The van der Waals surface area contributed by atoms with E-state index in [1.54, 1.807) is 12.1 Å². The van der Waals surface area contributed by atoms with Crippen molar-refractivity contribution in [1.82, 2.24) is 15.5 Å². The van der Waals surface area contributed by atoms with Gasteiger partial charge in [0.1, 0.15) is 0 Å². The average Bonchev–Trinajstić information content (AvgIpc) is 3.12. The predicted molar refractivity (Wildman–Crippen MR) is 103 cm³/mol. The summed E-state index contributed by atoms with van der Waals surface area (Å²) in [6.45, 7) is 0.902. The van der Waals surface area contributed by atoms with Crippen LogP contribution in [0.4, 0.5) is 0 Å². The molecule has 0 spiro atoms. The van der Waals surface area contributed by atoms with Crippen LogP contribution in [0.3, 0.4) is 0 Å². The third-order valence-corrected chi connectivity index (χ3v) is 5.56. The van der Waals surface area contributed by atoms with Gasteiger partial charge in [-0.2, -0.15) is 5.10 Å². The molecule has 2 N–H and O–H groups in total. The summed E-state index contributed by atoms with van der Waals surface area (Å²) in [5.74, 6) is -0.0718. The summed E-state index contributed by atoms with van der Waals surface area (Å²) >= 11 is 19.2. The Bertz CT molecular complexity index is 870. The zero-order valence-electron chi connectivity index (χ0n) is 13.3. The zero-order chi connectivity index (χ0) is 17.4. The fraction of sp³-hybridized carbons (Fsp3) is 0.211. The van der Waals surface area contributed by atoms with Crippen molar-refractivity contribution in [3.05, 3.63) is 86.1 Å². The highest BCUT2D eigenvalue weighted by atomic mass is 35.5. The molecular weight excluding hydrogens is 377 g/mol. The first-order chi connectivity index (χ1) is 12.1. The lowest BCUT2D eigenvalue weighted by atomic mass is 9.79. The fourth-order valence-corrected chi connectivity index (χ4v) is 4.69. The third kappa shape index (κ3) is 3.18. The number of nitrogens with zero attached hydrogens (tertiary/aromatic N) is 1. The van der Waals surface area contributed by atoms with Crippen molar-refractivity contribution >= 4 is 34.8 Å². The molecule has 0 amide bonds. The van der Waals surface area contributed by atoms with Crippen molar-refractivity contribution in [3.63, 3.8) is 0 Å². The van der Waals surface area contributed by atoms with E-state index in [1.807, 2.05) is 12.4 Å². The molecule has 1 aliphatic rings. The summed E-state index contributed by atoms with van der Waals surface area (Å²) in [5.41, 5.74) is 4.51. The van der Waals surface area contributed by atoms with Crippen molar-refractivity contribution in [2.45, 2.75) is 18.4 Å². The van der Waals surface area contributed by atoms with E-state index in [4.69, 9.17) is 34.8 Å². The molecule has 4 rings (SSSR count). The van der Waals surface area contributed by atoms with Crippen LogP contribution in [0.5, 0.6) is 0 Å². The molecule has 25 heavy (non-hydrogen) atoms.